The molecule has 0 heterocycles. The van der Waals surface area contributed by atoms with Crippen molar-refractivity contribution in [2.75, 3.05) is 5.32 Å². The molecule has 1 N–H and O–H groups in total. The molecule has 1 saturated carbocycles. The van der Waals surface area contributed by atoms with Crippen LogP contribution in [-0.4, -0.2) is 16.0 Å². The summed E-state index contributed by atoms with van der Waals surface area (Å²) in [6.07, 6.45) is 0.115. The van der Waals surface area contributed by atoms with Crippen LogP contribution in [0.3, 0.4) is 0 Å². The van der Waals surface area contributed by atoms with Crippen molar-refractivity contribution < 1.29 is 14.0 Å². The van der Waals surface area contributed by atoms with E-state index in [9.17, 15) is 14.0 Å². The predicted octanol–water partition coefficient (Wildman–Crippen LogP) is 7.08. The third kappa shape index (κ3) is 4.94. The number of carbonyl (C=O) groups is 2. The highest BCUT2D eigenvalue weighted by Gasteiger charge is 2.67. The highest BCUT2D eigenvalue weighted by Crippen LogP contribution is 2.65. The van der Waals surface area contributed by atoms with Gasteiger partial charge in [0.2, 0.25) is 5.91 Å². The summed E-state index contributed by atoms with van der Waals surface area (Å²) in [5, 5.41) is 3.63. The molecule has 0 saturated heterocycles. The normalized spacial score (nSPS) is 18.8. The van der Waals surface area contributed by atoms with Gasteiger partial charge in [0.15, 0.2) is 5.78 Å². The number of halogens is 5. The number of anilines is 1. The van der Waals surface area contributed by atoms with Gasteiger partial charge in [0, 0.05) is 33.6 Å². The van der Waals surface area contributed by atoms with Crippen LogP contribution in [-0.2, 0) is 11.2 Å². The summed E-state index contributed by atoms with van der Waals surface area (Å²) in [7, 11) is 0. The number of carbonyl (C=O) groups excluding carboxylic acids is 2. The van der Waals surface area contributed by atoms with Gasteiger partial charge in [-0.05, 0) is 53.6 Å². The van der Waals surface area contributed by atoms with Crippen LogP contribution in [0.1, 0.15) is 27.4 Å². The summed E-state index contributed by atoms with van der Waals surface area (Å²) in [6.45, 7) is 0. The Morgan fingerprint density at radius 1 is 0.938 bits per heavy atom. The molecule has 0 spiro atoms. The fourth-order valence-electron chi connectivity index (χ4n) is 3.70. The summed E-state index contributed by atoms with van der Waals surface area (Å²) >= 11 is 24.9. The van der Waals surface area contributed by atoms with E-state index in [0.29, 0.717) is 32.4 Å². The Labute approximate surface area is 204 Å². The molecule has 0 bridgehead atoms. The summed E-state index contributed by atoms with van der Waals surface area (Å²) in [6, 6.07) is 17.3. The second kappa shape index (κ2) is 9.03. The zero-order valence-corrected chi connectivity index (χ0v) is 19.4. The van der Waals surface area contributed by atoms with Gasteiger partial charge in [0.1, 0.15) is 10.2 Å². The molecular weight excluding hydrogens is 495 g/mol. The first-order chi connectivity index (χ1) is 15.1. The SMILES string of the molecule is O=C(Cc1ccc(F)cc1)c1cccc(NC(=O)C2C(c3cc(Cl)cc(Cl)c3)C2(Cl)Cl)c1. The number of alkyl halides is 2. The van der Waals surface area contributed by atoms with Crippen molar-refractivity contribution in [3.63, 3.8) is 0 Å². The van der Waals surface area contributed by atoms with Gasteiger partial charge >= 0.3 is 0 Å². The summed E-state index contributed by atoms with van der Waals surface area (Å²) in [5.41, 5.74) is 2.24. The van der Waals surface area contributed by atoms with Gasteiger partial charge in [-0.2, -0.15) is 0 Å². The average Bonchev–Trinajstić information content (AvgIpc) is 3.31. The topological polar surface area (TPSA) is 46.2 Å². The van der Waals surface area contributed by atoms with E-state index in [2.05, 4.69) is 5.32 Å². The van der Waals surface area contributed by atoms with Crippen LogP contribution in [0, 0.1) is 11.7 Å². The Balaban J connectivity index is 1.47. The second-order valence-corrected chi connectivity index (χ2v) is 9.95. The van der Waals surface area contributed by atoms with Crippen LogP contribution in [0.2, 0.25) is 10.0 Å². The first kappa shape index (κ1) is 23.1. The van der Waals surface area contributed by atoms with Gasteiger partial charge < -0.3 is 5.32 Å². The number of hydrogen-bond donors (Lipinski definition) is 1. The van der Waals surface area contributed by atoms with Crippen molar-refractivity contribution in [3.8, 4) is 0 Å². The number of Topliss-reactive ketones (excluding diaryl/α,β-unsaturated/α-hetero) is 1. The molecule has 1 aliphatic rings. The van der Waals surface area contributed by atoms with Crippen LogP contribution >= 0.6 is 46.4 Å². The zero-order valence-electron chi connectivity index (χ0n) is 16.4. The van der Waals surface area contributed by atoms with E-state index in [1.165, 1.54) is 12.1 Å². The Bertz CT molecular complexity index is 1180. The van der Waals surface area contributed by atoms with Crippen LogP contribution in [0.15, 0.2) is 66.7 Å². The molecular formula is C24H16Cl4FNO2. The number of benzene rings is 3. The molecule has 0 aliphatic heterocycles. The Hall–Kier alpha value is -2.11. The Kier molecular flexibility index (Phi) is 6.51. The van der Waals surface area contributed by atoms with Gasteiger partial charge in [-0.25, -0.2) is 4.39 Å². The predicted molar refractivity (Wildman–Crippen MR) is 127 cm³/mol. The van der Waals surface area contributed by atoms with Crippen LogP contribution in [0.25, 0.3) is 0 Å². The smallest absolute Gasteiger partial charge is 0.231 e. The lowest BCUT2D eigenvalue weighted by Gasteiger charge is -2.08. The fraction of sp³-hybridized carbons (Fsp3) is 0.167. The Morgan fingerprint density at radius 2 is 1.59 bits per heavy atom. The second-order valence-electron chi connectivity index (χ2n) is 7.63. The van der Waals surface area contributed by atoms with Crippen molar-refractivity contribution >= 4 is 63.8 Å². The maximum Gasteiger partial charge on any atom is 0.231 e. The minimum absolute atomic E-state index is 0.115. The largest absolute Gasteiger partial charge is 0.326 e. The van der Waals surface area contributed by atoms with E-state index in [-0.39, 0.29) is 23.9 Å². The van der Waals surface area contributed by atoms with E-state index >= 15 is 0 Å². The quantitative estimate of drug-likeness (QED) is 0.284. The fourth-order valence-corrected chi connectivity index (χ4v) is 5.07. The molecule has 1 aliphatic carbocycles. The lowest BCUT2D eigenvalue weighted by molar-refractivity contribution is -0.117. The van der Waals surface area contributed by atoms with Crippen LogP contribution in [0.4, 0.5) is 10.1 Å². The summed E-state index contributed by atoms with van der Waals surface area (Å²) in [5.74, 6) is -2.07. The number of rotatable bonds is 6. The van der Waals surface area contributed by atoms with Crippen molar-refractivity contribution in [1.82, 2.24) is 0 Å². The average molecular weight is 511 g/mol. The van der Waals surface area contributed by atoms with Gasteiger partial charge in [-0.15, -0.1) is 23.2 Å². The van der Waals surface area contributed by atoms with Crippen molar-refractivity contribution in [1.29, 1.82) is 0 Å². The molecule has 8 heteroatoms. The molecule has 0 aromatic heterocycles. The number of hydrogen-bond acceptors (Lipinski definition) is 2. The summed E-state index contributed by atoms with van der Waals surface area (Å²) in [4.78, 5) is 25.5. The lowest BCUT2D eigenvalue weighted by atomic mass is 10.0. The van der Waals surface area contributed by atoms with E-state index < -0.39 is 16.2 Å². The van der Waals surface area contributed by atoms with E-state index in [0.717, 1.165) is 0 Å². The van der Waals surface area contributed by atoms with E-state index in [1.807, 2.05) is 0 Å². The van der Waals surface area contributed by atoms with Gasteiger partial charge in [0.25, 0.3) is 0 Å². The number of nitrogens with one attached hydrogen (secondary N) is 1. The van der Waals surface area contributed by atoms with Crippen molar-refractivity contribution in [2.24, 2.45) is 5.92 Å². The molecule has 3 aromatic carbocycles. The molecule has 0 radical (unpaired) electrons. The molecule has 2 unspecified atom stereocenters. The molecule has 1 fully saturated rings. The number of ketones is 1. The zero-order chi connectivity index (χ0) is 23.0. The molecule has 32 heavy (non-hydrogen) atoms. The minimum Gasteiger partial charge on any atom is -0.326 e. The van der Waals surface area contributed by atoms with Crippen molar-refractivity contribution in [3.05, 3.63) is 99.3 Å². The third-order valence-electron chi connectivity index (χ3n) is 5.31. The van der Waals surface area contributed by atoms with E-state index in [4.69, 9.17) is 46.4 Å². The van der Waals surface area contributed by atoms with E-state index in [1.54, 1.807) is 54.6 Å². The van der Waals surface area contributed by atoms with Gasteiger partial charge in [-0.3, -0.25) is 9.59 Å². The highest BCUT2D eigenvalue weighted by molar-refractivity contribution is 6.53. The van der Waals surface area contributed by atoms with Gasteiger partial charge in [0.05, 0.1) is 5.92 Å². The molecule has 3 aromatic rings. The lowest BCUT2D eigenvalue weighted by Crippen LogP contribution is -2.17. The van der Waals surface area contributed by atoms with Crippen LogP contribution < -0.4 is 5.32 Å². The Morgan fingerprint density at radius 3 is 2.25 bits per heavy atom. The van der Waals surface area contributed by atoms with Crippen LogP contribution in [0.5, 0.6) is 0 Å². The summed E-state index contributed by atoms with van der Waals surface area (Å²) < 4.78 is 11.8. The maximum atomic E-state index is 13.1. The minimum atomic E-state index is -1.30. The van der Waals surface area contributed by atoms with Crippen molar-refractivity contribution in [2.45, 2.75) is 16.7 Å². The molecule has 4 rings (SSSR count). The molecule has 2 atom stereocenters. The molecule has 164 valence electrons. The molecule has 3 nitrogen and oxygen atoms in total. The maximum absolute atomic E-state index is 13.1. The molecule has 1 amide bonds. The first-order valence-electron chi connectivity index (χ1n) is 9.67. The third-order valence-corrected chi connectivity index (χ3v) is 6.69. The van der Waals surface area contributed by atoms with Gasteiger partial charge in [-0.1, -0.05) is 47.5 Å². The highest BCUT2D eigenvalue weighted by atomic mass is 35.5. The standard InChI is InChI=1S/C24H16Cl4FNO2/c25-16-9-15(10-17(26)12-16)21-22(24(21,27)28)23(32)30-19-3-1-2-14(11-19)20(31)8-13-4-6-18(29)7-5-13/h1-7,9-12,21-22H,8H2,(H,30,32). The first-order valence-corrected chi connectivity index (χ1v) is 11.2. The monoisotopic (exact) mass is 509 g/mol. The number of amides is 1.